The number of ether oxygens (including phenoxy) is 1. The minimum atomic E-state index is -0.959. The van der Waals surface area contributed by atoms with Crippen LogP contribution in [0.5, 0.6) is 5.75 Å². The molecule has 7 rings (SSSR count). The van der Waals surface area contributed by atoms with E-state index in [1.807, 2.05) is 54.3 Å². The Bertz CT molecular complexity index is 2110. The molecule has 0 amide bonds. The lowest BCUT2D eigenvalue weighted by molar-refractivity contribution is 0.0685. The number of carbonyl (C=O) groups is 1. The first-order valence-corrected chi connectivity index (χ1v) is 18.9. The number of halogens is 1. The number of hydrogen-bond donors (Lipinski definition) is 1. The Morgan fingerprint density at radius 1 is 1.02 bits per heavy atom. The van der Waals surface area contributed by atoms with Crippen molar-refractivity contribution in [2.45, 2.75) is 29.2 Å². The van der Waals surface area contributed by atoms with Gasteiger partial charge in [0.25, 0.3) is 0 Å². The molecular formula is C37H39ClN6O3S2. The molecule has 2 aromatic heterocycles. The van der Waals surface area contributed by atoms with E-state index in [-0.39, 0.29) is 5.69 Å². The van der Waals surface area contributed by atoms with Gasteiger partial charge in [-0.15, -0.1) is 23.5 Å². The van der Waals surface area contributed by atoms with Crippen molar-refractivity contribution in [3.8, 4) is 5.75 Å². The van der Waals surface area contributed by atoms with Crippen LogP contribution in [0.2, 0.25) is 5.02 Å². The molecule has 0 radical (unpaired) electrons. The zero-order valence-electron chi connectivity index (χ0n) is 27.9. The van der Waals surface area contributed by atoms with Crippen molar-refractivity contribution in [3.63, 3.8) is 0 Å². The predicted octanol–water partition coefficient (Wildman–Crippen LogP) is 7.54. The predicted molar refractivity (Wildman–Crippen MR) is 202 cm³/mol. The monoisotopic (exact) mass is 714 g/mol. The quantitative estimate of drug-likeness (QED) is 0.191. The Morgan fingerprint density at radius 3 is 2.73 bits per heavy atom. The third-order valence-corrected chi connectivity index (χ3v) is 11.3. The number of nitrogens with zero attached hydrogens (tertiary/aromatic N) is 6. The Kier molecular flexibility index (Phi) is 9.96. The molecule has 1 saturated heterocycles. The third-order valence-electron chi connectivity index (χ3n) is 9.12. The summed E-state index contributed by atoms with van der Waals surface area (Å²) < 4.78 is 10.2. The molecule has 1 N–H and O–H groups in total. The summed E-state index contributed by atoms with van der Waals surface area (Å²) in [4.78, 5) is 16.1. The van der Waals surface area contributed by atoms with Crippen molar-refractivity contribution in [2.24, 2.45) is 19.2 Å². The third kappa shape index (κ3) is 7.08. The van der Waals surface area contributed by atoms with Crippen LogP contribution in [0.3, 0.4) is 0 Å². The number of rotatable bonds is 1. The summed E-state index contributed by atoms with van der Waals surface area (Å²) in [5, 5.41) is 25.7. The van der Waals surface area contributed by atoms with Crippen LogP contribution in [0.4, 0.5) is 0 Å². The van der Waals surface area contributed by atoms with Gasteiger partial charge in [-0.05, 0) is 61.2 Å². The summed E-state index contributed by atoms with van der Waals surface area (Å²) in [5.74, 6) is 2.21. The molecule has 254 valence electrons. The van der Waals surface area contributed by atoms with E-state index in [9.17, 15) is 9.90 Å². The summed E-state index contributed by atoms with van der Waals surface area (Å²) in [6.07, 6.45) is 5.23. The minimum absolute atomic E-state index is 0.275. The molecule has 49 heavy (non-hydrogen) atoms. The largest absolute Gasteiger partial charge is 0.493 e. The van der Waals surface area contributed by atoms with Gasteiger partial charge in [-0.2, -0.15) is 10.2 Å². The van der Waals surface area contributed by atoms with Crippen molar-refractivity contribution < 1.29 is 14.6 Å². The Hall–Kier alpha value is -3.90. The van der Waals surface area contributed by atoms with Crippen LogP contribution in [0.15, 0.2) is 70.3 Å². The van der Waals surface area contributed by atoms with Gasteiger partial charge in [0.2, 0.25) is 0 Å². The average Bonchev–Trinajstić information content (AvgIpc) is 3.58. The van der Waals surface area contributed by atoms with Crippen molar-refractivity contribution in [3.05, 3.63) is 93.5 Å². The van der Waals surface area contributed by atoms with E-state index in [4.69, 9.17) is 26.5 Å². The summed E-state index contributed by atoms with van der Waals surface area (Å²) in [6.45, 7) is 2.77. The molecule has 2 aliphatic rings. The molecule has 5 aromatic rings. The smallest absolute Gasteiger partial charge is 0.352 e. The zero-order valence-corrected chi connectivity index (χ0v) is 30.2. The van der Waals surface area contributed by atoms with E-state index in [2.05, 4.69) is 48.4 Å². The topological polar surface area (TPSA) is 88.1 Å². The number of piperazine rings is 1. The second-order valence-electron chi connectivity index (χ2n) is 12.5. The maximum Gasteiger partial charge on any atom is 0.352 e. The number of hydrogen-bond acceptors (Lipinski definition) is 8. The van der Waals surface area contributed by atoms with Crippen LogP contribution >= 0.6 is 35.1 Å². The maximum absolute atomic E-state index is 12.7. The first kappa shape index (κ1) is 33.6. The Labute approximate surface area is 299 Å². The average molecular weight is 715 g/mol. The Morgan fingerprint density at radius 2 is 1.88 bits per heavy atom. The molecular weight excluding hydrogens is 676 g/mol. The minimum Gasteiger partial charge on any atom is -0.493 e. The van der Waals surface area contributed by atoms with Gasteiger partial charge in [-0.1, -0.05) is 41.9 Å². The Balaban J connectivity index is 1.28. The number of carboxylic acid groups (broad SMARTS) is 1. The highest BCUT2D eigenvalue weighted by Gasteiger charge is 2.25. The molecule has 8 bridgehead atoms. The van der Waals surface area contributed by atoms with Crippen molar-refractivity contribution >= 4 is 75.1 Å². The van der Waals surface area contributed by atoms with Gasteiger partial charge in [-0.3, -0.25) is 14.6 Å². The standard InChI is InChI=1S/C37H39ClN6O3S2/c1-41-13-14-44-26(21-41)19-32-33(38)11-10-31-30(36(37(45)46)42(2)35(31)32)9-6-15-47-34-20-28(17-24-7-4-5-8-29(24)34)49-23-27-18-25(40-43(27)3)22-48-16-12-39-44/h4-5,7-8,10-12,17-20H,6,9,13-16,21-23H2,1-3H3,(H,45,46)/b26-19+,39-12+. The summed E-state index contributed by atoms with van der Waals surface area (Å²) in [7, 11) is 5.92. The van der Waals surface area contributed by atoms with Crippen molar-refractivity contribution in [1.82, 2.24) is 24.3 Å². The summed E-state index contributed by atoms with van der Waals surface area (Å²) in [6, 6.07) is 18.6. The number of hydrazone groups is 1. The lowest BCUT2D eigenvalue weighted by Gasteiger charge is -2.33. The highest BCUT2D eigenvalue weighted by molar-refractivity contribution is 7.99. The fourth-order valence-corrected chi connectivity index (χ4v) is 8.56. The summed E-state index contributed by atoms with van der Waals surface area (Å²) >= 11 is 10.4. The van der Waals surface area contributed by atoms with E-state index in [1.54, 1.807) is 28.1 Å². The number of likely N-dealkylation sites (N-methyl/N-ethyl adjacent to an activating group) is 1. The van der Waals surface area contributed by atoms with Gasteiger partial charge in [0.05, 0.1) is 30.1 Å². The van der Waals surface area contributed by atoms with Gasteiger partial charge in [0.15, 0.2) is 0 Å². The van der Waals surface area contributed by atoms with Crippen molar-refractivity contribution in [2.75, 3.05) is 39.0 Å². The van der Waals surface area contributed by atoms with Gasteiger partial charge in [-0.25, -0.2) is 4.79 Å². The van der Waals surface area contributed by atoms with Gasteiger partial charge in [0, 0.05) is 82.6 Å². The van der Waals surface area contributed by atoms with Crippen LogP contribution in [0.1, 0.15) is 39.4 Å². The van der Waals surface area contributed by atoms with E-state index in [0.717, 1.165) is 90.9 Å². The van der Waals surface area contributed by atoms with Crippen molar-refractivity contribution in [1.29, 1.82) is 0 Å². The van der Waals surface area contributed by atoms with Crippen LogP contribution in [-0.4, -0.2) is 80.6 Å². The fourth-order valence-electron chi connectivity index (χ4n) is 6.72. The van der Waals surface area contributed by atoms with Crippen LogP contribution in [0.25, 0.3) is 27.8 Å². The second kappa shape index (κ2) is 14.5. The van der Waals surface area contributed by atoms with E-state index < -0.39 is 5.97 Å². The SMILES string of the molecule is CN1CCN2/N=C/CSCc3cc(n(C)n3)CSc3cc(c4ccccc4c3)OCCCc3c(C(=O)O)n(C)c4c(c(Cl)ccc34)/C=C/2C1. The van der Waals surface area contributed by atoms with Gasteiger partial charge in [0.1, 0.15) is 11.4 Å². The highest BCUT2D eigenvalue weighted by atomic mass is 35.5. The summed E-state index contributed by atoms with van der Waals surface area (Å²) in [5.41, 5.74) is 5.90. The van der Waals surface area contributed by atoms with Crippen LogP contribution in [-0.2, 0) is 32.0 Å². The highest BCUT2D eigenvalue weighted by Crippen LogP contribution is 2.37. The number of aromatic nitrogens is 3. The molecule has 0 aliphatic carbocycles. The molecule has 9 nitrogen and oxygen atoms in total. The molecule has 12 heteroatoms. The first-order chi connectivity index (χ1) is 23.8. The molecule has 0 spiro atoms. The number of fused-ring (bicyclic) bond motifs is 7. The van der Waals surface area contributed by atoms with Gasteiger partial charge < -0.3 is 14.4 Å². The number of thioether (sulfide) groups is 2. The molecule has 0 saturated carbocycles. The van der Waals surface area contributed by atoms with Gasteiger partial charge >= 0.3 is 5.97 Å². The molecule has 1 fully saturated rings. The first-order valence-electron chi connectivity index (χ1n) is 16.4. The zero-order chi connectivity index (χ0) is 34.1. The molecule has 2 aliphatic heterocycles. The lowest BCUT2D eigenvalue weighted by Crippen LogP contribution is -2.40. The molecule has 3 aromatic carbocycles. The molecule has 4 heterocycles. The second-order valence-corrected chi connectivity index (χ2v) is 15.0. The lowest BCUT2D eigenvalue weighted by atomic mass is 10.0. The number of benzene rings is 3. The molecule has 0 atom stereocenters. The fraction of sp³-hybridized carbons (Fsp3) is 0.324. The van der Waals surface area contributed by atoms with Crippen LogP contribution < -0.4 is 4.74 Å². The number of aryl methyl sites for hydroxylation is 3. The van der Waals surface area contributed by atoms with E-state index in [1.165, 1.54) is 0 Å². The maximum atomic E-state index is 12.7. The normalized spacial score (nSPS) is 18.4. The van der Waals surface area contributed by atoms with Crippen LogP contribution in [0, 0.1) is 0 Å². The van der Waals surface area contributed by atoms with E-state index >= 15 is 0 Å². The number of carboxylic acids is 1. The van der Waals surface area contributed by atoms with E-state index in [0.29, 0.717) is 31.0 Å². The number of aromatic carboxylic acids is 1. The molecule has 0 unspecified atom stereocenters.